The molecule has 2 N–H and O–H groups in total. The molecule has 0 amide bonds. The first kappa shape index (κ1) is 8.53. The van der Waals surface area contributed by atoms with E-state index in [0.29, 0.717) is 5.70 Å². The molecule has 0 heterocycles. The Bertz CT molecular complexity index is 301. The number of hydrogen-bond acceptors (Lipinski definition) is 2. The van der Waals surface area contributed by atoms with Crippen molar-refractivity contribution in [1.29, 1.82) is 0 Å². The second kappa shape index (κ2) is 3.72. The van der Waals surface area contributed by atoms with Crippen molar-refractivity contribution >= 4 is 11.5 Å². The van der Waals surface area contributed by atoms with Crippen molar-refractivity contribution in [2.75, 3.05) is 0 Å². The van der Waals surface area contributed by atoms with Gasteiger partial charge in [-0.25, -0.2) is 0 Å². The van der Waals surface area contributed by atoms with E-state index >= 15 is 0 Å². The molecule has 12 heavy (non-hydrogen) atoms. The van der Waals surface area contributed by atoms with Crippen molar-refractivity contribution in [2.45, 2.75) is 6.92 Å². The highest BCUT2D eigenvalue weighted by molar-refractivity contribution is 5.94. The Balaban J connectivity index is 2.93. The molecule has 0 aliphatic rings. The third-order valence-electron chi connectivity index (χ3n) is 1.47. The molecule has 0 aliphatic heterocycles. The van der Waals surface area contributed by atoms with Crippen molar-refractivity contribution in [3.8, 4) is 0 Å². The second-order valence-corrected chi connectivity index (χ2v) is 2.58. The van der Waals surface area contributed by atoms with Gasteiger partial charge in [-0.05, 0) is 12.5 Å². The Hall–Kier alpha value is -1.57. The Kier molecular flexibility index (Phi) is 2.64. The maximum atomic E-state index is 10.7. The van der Waals surface area contributed by atoms with Gasteiger partial charge in [0.2, 0.25) is 0 Å². The smallest absolute Gasteiger partial charge is 0.154 e. The van der Waals surface area contributed by atoms with E-state index in [1.807, 2.05) is 30.3 Å². The summed E-state index contributed by atoms with van der Waals surface area (Å²) < 4.78 is 0. The van der Waals surface area contributed by atoms with Crippen molar-refractivity contribution in [3.63, 3.8) is 0 Å². The number of carbonyl (C=O) groups is 1. The Labute approximate surface area is 71.7 Å². The molecule has 62 valence electrons. The first-order valence-corrected chi connectivity index (χ1v) is 3.73. The molecule has 0 atom stereocenters. The maximum absolute atomic E-state index is 10.7. The van der Waals surface area contributed by atoms with Gasteiger partial charge in [-0.3, -0.25) is 4.79 Å². The van der Waals surface area contributed by atoms with E-state index in [1.54, 1.807) is 0 Å². The number of benzene rings is 1. The van der Waals surface area contributed by atoms with Gasteiger partial charge in [0.25, 0.3) is 0 Å². The first-order valence-electron chi connectivity index (χ1n) is 3.73. The third kappa shape index (κ3) is 2.23. The van der Waals surface area contributed by atoms with E-state index in [0.717, 1.165) is 5.56 Å². The lowest BCUT2D eigenvalue weighted by molar-refractivity contribution is -0.112. The molecule has 0 radical (unpaired) electrons. The van der Waals surface area contributed by atoms with Gasteiger partial charge >= 0.3 is 0 Å². The van der Waals surface area contributed by atoms with Crippen LogP contribution >= 0.6 is 0 Å². The van der Waals surface area contributed by atoms with Gasteiger partial charge in [-0.2, -0.15) is 0 Å². The minimum absolute atomic E-state index is 0.0312. The minimum atomic E-state index is -0.0312. The summed E-state index contributed by atoms with van der Waals surface area (Å²) in [5, 5.41) is 0. The highest BCUT2D eigenvalue weighted by Gasteiger charge is 1.94. The monoisotopic (exact) mass is 161 g/mol. The fraction of sp³-hybridized carbons (Fsp3) is 0.100. The Morgan fingerprint density at radius 2 is 1.92 bits per heavy atom. The van der Waals surface area contributed by atoms with Crippen LogP contribution in [0.4, 0.5) is 0 Å². The lowest BCUT2D eigenvalue weighted by atomic mass is 10.1. The maximum Gasteiger partial charge on any atom is 0.154 e. The zero-order valence-electron chi connectivity index (χ0n) is 6.95. The molecule has 0 bridgehead atoms. The van der Waals surface area contributed by atoms with Gasteiger partial charge in [-0.1, -0.05) is 30.3 Å². The van der Waals surface area contributed by atoms with Crippen LogP contribution in [0.5, 0.6) is 0 Å². The fourth-order valence-corrected chi connectivity index (χ4v) is 0.933. The topological polar surface area (TPSA) is 43.1 Å². The molecule has 0 spiro atoms. The number of hydrogen-bond donors (Lipinski definition) is 1. The van der Waals surface area contributed by atoms with E-state index in [1.165, 1.54) is 13.0 Å². The van der Waals surface area contributed by atoms with Crippen molar-refractivity contribution in [3.05, 3.63) is 42.0 Å². The summed E-state index contributed by atoms with van der Waals surface area (Å²) in [6, 6.07) is 9.42. The number of carbonyl (C=O) groups excluding carboxylic acids is 1. The predicted molar refractivity (Wildman–Crippen MR) is 49.3 cm³/mol. The van der Waals surface area contributed by atoms with Gasteiger partial charge in [0.1, 0.15) is 0 Å². The molecule has 1 aromatic rings. The van der Waals surface area contributed by atoms with Crippen LogP contribution in [0.1, 0.15) is 12.5 Å². The van der Waals surface area contributed by atoms with Gasteiger partial charge < -0.3 is 5.73 Å². The summed E-state index contributed by atoms with van der Waals surface area (Å²) in [7, 11) is 0. The molecule has 0 fully saturated rings. The SMILES string of the molecule is CC(=O)C=C(N)c1ccccc1. The average molecular weight is 161 g/mol. The number of nitrogens with two attached hydrogens (primary N) is 1. The molecular weight excluding hydrogens is 150 g/mol. The molecule has 1 aromatic carbocycles. The summed E-state index contributed by atoms with van der Waals surface area (Å²) in [6.45, 7) is 1.48. The largest absolute Gasteiger partial charge is 0.398 e. The average Bonchev–Trinajstić information content (AvgIpc) is 2.05. The standard InChI is InChI=1S/C10H11NO/c1-8(12)7-10(11)9-5-3-2-4-6-9/h2-7H,11H2,1H3. The molecule has 0 aromatic heterocycles. The van der Waals surface area contributed by atoms with E-state index in [-0.39, 0.29) is 5.78 Å². The van der Waals surface area contributed by atoms with Gasteiger partial charge in [0.05, 0.1) is 0 Å². The Morgan fingerprint density at radius 1 is 1.33 bits per heavy atom. The zero-order chi connectivity index (χ0) is 8.97. The van der Waals surface area contributed by atoms with E-state index in [9.17, 15) is 4.79 Å². The van der Waals surface area contributed by atoms with Crippen LogP contribution < -0.4 is 5.73 Å². The molecule has 2 nitrogen and oxygen atoms in total. The van der Waals surface area contributed by atoms with Gasteiger partial charge in [-0.15, -0.1) is 0 Å². The normalized spacial score (nSPS) is 11.2. The van der Waals surface area contributed by atoms with Crippen molar-refractivity contribution in [2.24, 2.45) is 5.73 Å². The number of rotatable bonds is 2. The highest BCUT2D eigenvalue weighted by Crippen LogP contribution is 2.06. The lowest BCUT2D eigenvalue weighted by Crippen LogP contribution is -1.98. The summed E-state index contributed by atoms with van der Waals surface area (Å²) in [4.78, 5) is 10.7. The van der Waals surface area contributed by atoms with Crippen LogP contribution in [0.2, 0.25) is 0 Å². The minimum Gasteiger partial charge on any atom is -0.398 e. The van der Waals surface area contributed by atoms with Crippen LogP contribution in [0.25, 0.3) is 5.70 Å². The summed E-state index contributed by atoms with van der Waals surface area (Å²) >= 11 is 0. The molecule has 0 aliphatic carbocycles. The molecule has 0 unspecified atom stereocenters. The van der Waals surface area contributed by atoms with E-state index in [2.05, 4.69) is 0 Å². The van der Waals surface area contributed by atoms with Crippen LogP contribution in [-0.2, 0) is 4.79 Å². The quantitative estimate of drug-likeness (QED) is 0.669. The molecular formula is C10H11NO. The highest BCUT2D eigenvalue weighted by atomic mass is 16.1. The first-order chi connectivity index (χ1) is 5.70. The van der Waals surface area contributed by atoms with E-state index < -0.39 is 0 Å². The van der Waals surface area contributed by atoms with Crippen LogP contribution in [0, 0.1) is 0 Å². The second-order valence-electron chi connectivity index (χ2n) is 2.58. The lowest BCUT2D eigenvalue weighted by Gasteiger charge is -1.98. The summed E-state index contributed by atoms with van der Waals surface area (Å²) in [5.74, 6) is -0.0312. The zero-order valence-corrected chi connectivity index (χ0v) is 6.95. The third-order valence-corrected chi connectivity index (χ3v) is 1.47. The van der Waals surface area contributed by atoms with Crippen LogP contribution in [0.15, 0.2) is 36.4 Å². The molecule has 2 heteroatoms. The van der Waals surface area contributed by atoms with Crippen molar-refractivity contribution in [1.82, 2.24) is 0 Å². The summed E-state index contributed by atoms with van der Waals surface area (Å²) in [6.07, 6.45) is 1.43. The number of ketones is 1. The Morgan fingerprint density at radius 3 is 2.42 bits per heavy atom. The predicted octanol–water partition coefficient (Wildman–Crippen LogP) is 1.58. The molecule has 0 saturated carbocycles. The van der Waals surface area contributed by atoms with E-state index in [4.69, 9.17) is 5.73 Å². The fourth-order valence-electron chi connectivity index (χ4n) is 0.933. The van der Waals surface area contributed by atoms with Crippen LogP contribution in [0.3, 0.4) is 0 Å². The molecule has 0 saturated heterocycles. The molecule has 1 rings (SSSR count). The van der Waals surface area contributed by atoms with Crippen LogP contribution in [-0.4, -0.2) is 5.78 Å². The van der Waals surface area contributed by atoms with Crippen molar-refractivity contribution < 1.29 is 4.79 Å². The summed E-state index contributed by atoms with van der Waals surface area (Å²) in [5.41, 5.74) is 7.04. The number of allylic oxidation sites excluding steroid dienone is 1. The van der Waals surface area contributed by atoms with Gasteiger partial charge in [0.15, 0.2) is 5.78 Å². The van der Waals surface area contributed by atoms with Gasteiger partial charge in [0, 0.05) is 11.8 Å².